The molecule has 3 aromatic rings. The second-order valence-electron chi connectivity index (χ2n) is 6.39. The van der Waals surface area contributed by atoms with E-state index in [1.807, 2.05) is 72.8 Å². The molecule has 0 heterocycles. The zero-order valence-corrected chi connectivity index (χ0v) is 13.8. The van der Waals surface area contributed by atoms with Crippen LogP contribution in [0.5, 0.6) is 0 Å². The molecule has 4 rings (SSSR count). The van der Waals surface area contributed by atoms with Gasteiger partial charge in [-0.1, -0.05) is 60.7 Å². The minimum atomic E-state index is -0.735. The Labute approximate surface area is 147 Å². The van der Waals surface area contributed by atoms with Crippen LogP contribution in [-0.4, -0.2) is 5.54 Å². The SMILES string of the molecule is N#CC1(Nc2ccccc2)Cc2ccccc2C1Nc1ccccc1. The smallest absolute Gasteiger partial charge is 0.154 e. The molecule has 0 amide bonds. The van der Waals surface area contributed by atoms with E-state index in [4.69, 9.17) is 0 Å². The Balaban J connectivity index is 1.75. The fourth-order valence-corrected chi connectivity index (χ4v) is 3.57. The van der Waals surface area contributed by atoms with E-state index in [0.717, 1.165) is 11.4 Å². The highest BCUT2D eigenvalue weighted by Gasteiger charge is 2.47. The predicted octanol–water partition coefficient (Wildman–Crippen LogP) is 4.77. The normalized spacial score (nSPS) is 21.2. The lowest BCUT2D eigenvalue weighted by Gasteiger charge is -2.32. The van der Waals surface area contributed by atoms with E-state index in [9.17, 15) is 5.26 Å². The van der Waals surface area contributed by atoms with Gasteiger partial charge in [0.25, 0.3) is 0 Å². The summed E-state index contributed by atoms with van der Waals surface area (Å²) in [6, 6.07) is 30.7. The van der Waals surface area contributed by atoms with Crippen molar-refractivity contribution < 1.29 is 0 Å². The van der Waals surface area contributed by atoms with Crippen molar-refractivity contribution in [1.29, 1.82) is 5.26 Å². The van der Waals surface area contributed by atoms with Crippen molar-refractivity contribution >= 4 is 11.4 Å². The Hall–Kier alpha value is -3.25. The second-order valence-corrected chi connectivity index (χ2v) is 6.39. The van der Waals surface area contributed by atoms with Gasteiger partial charge in [0.1, 0.15) is 0 Å². The van der Waals surface area contributed by atoms with E-state index in [2.05, 4.69) is 28.8 Å². The number of anilines is 2. The van der Waals surface area contributed by atoms with Crippen molar-refractivity contribution in [3.05, 3.63) is 96.1 Å². The van der Waals surface area contributed by atoms with Crippen LogP contribution in [0.15, 0.2) is 84.9 Å². The summed E-state index contributed by atoms with van der Waals surface area (Å²) in [7, 11) is 0. The van der Waals surface area contributed by atoms with Gasteiger partial charge in [-0.05, 0) is 35.4 Å². The van der Waals surface area contributed by atoms with Crippen molar-refractivity contribution in [2.45, 2.75) is 18.0 Å². The first-order chi connectivity index (χ1) is 12.3. The number of nitriles is 1. The van der Waals surface area contributed by atoms with Crippen LogP contribution >= 0.6 is 0 Å². The summed E-state index contributed by atoms with van der Waals surface area (Å²) < 4.78 is 0. The first-order valence-corrected chi connectivity index (χ1v) is 8.45. The molecule has 0 spiro atoms. The maximum absolute atomic E-state index is 10.1. The van der Waals surface area contributed by atoms with Crippen LogP contribution < -0.4 is 10.6 Å². The third-order valence-corrected chi connectivity index (χ3v) is 4.75. The quantitative estimate of drug-likeness (QED) is 0.726. The Kier molecular flexibility index (Phi) is 3.87. The number of hydrogen-bond acceptors (Lipinski definition) is 3. The van der Waals surface area contributed by atoms with Gasteiger partial charge < -0.3 is 10.6 Å². The lowest BCUT2D eigenvalue weighted by molar-refractivity contribution is 0.546. The molecule has 0 fully saturated rings. The molecule has 2 unspecified atom stereocenters. The summed E-state index contributed by atoms with van der Waals surface area (Å²) >= 11 is 0. The molecule has 0 aliphatic heterocycles. The van der Waals surface area contributed by atoms with Crippen LogP contribution in [0.1, 0.15) is 17.2 Å². The van der Waals surface area contributed by atoms with Gasteiger partial charge >= 0.3 is 0 Å². The van der Waals surface area contributed by atoms with Crippen LogP contribution in [-0.2, 0) is 6.42 Å². The van der Waals surface area contributed by atoms with Gasteiger partial charge in [0.2, 0.25) is 0 Å². The van der Waals surface area contributed by atoms with Crippen molar-refractivity contribution in [1.82, 2.24) is 0 Å². The molecule has 1 aliphatic rings. The molecule has 0 saturated heterocycles. The lowest BCUT2D eigenvalue weighted by Crippen LogP contribution is -2.44. The Morgan fingerprint density at radius 1 is 0.800 bits per heavy atom. The van der Waals surface area contributed by atoms with Gasteiger partial charge in [-0.15, -0.1) is 0 Å². The third-order valence-electron chi connectivity index (χ3n) is 4.75. The molecule has 2 N–H and O–H groups in total. The zero-order chi connectivity index (χ0) is 17.1. The molecule has 0 saturated carbocycles. The highest BCUT2D eigenvalue weighted by atomic mass is 15.1. The number of hydrogen-bond donors (Lipinski definition) is 2. The zero-order valence-electron chi connectivity index (χ0n) is 13.8. The van der Waals surface area contributed by atoms with Gasteiger partial charge in [0.15, 0.2) is 5.54 Å². The number of benzene rings is 3. The van der Waals surface area contributed by atoms with Crippen molar-refractivity contribution in [2.24, 2.45) is 0 Å². The number of nitrogens with zero attached hydrogens (tertiary/aromatic N) is 1. The van der Waals surface area contributed by atoms with Gasteiger partial charge in [-0.25, -0.2) is 0 Å². The molecule has 3 heteroatoms. The van der Waals surface area contributed by atoms with E-state index in [1.54, 1.807) is 0 Å². The van der Waals surface area contributed by atoms with Crippen LogP contribution in [0.25, 0.3) is 0 Å². The number of fused-ring (bicyclic) bond motifs is 1. The summed E-state index contributed by atoms with van der Waals surface area (Å²) in [5.41, 5.74) is 3.62. The fourth-order valence-electron chi connectivity index (χ4n) is 3.57. The molecule has 25 heavy (non-hydrogen) atoms. The molecule has 3 aromatic carbocycles. The Bertz CT molecular complexity index is 899. The third kappa shape index (κ3) is 2.83. The standard InChI is InChI=1S/C22H19N3/c23-16-22(25-19-12-5-2-6-13-19)15-17-9-7-8-14-20(17)21(22)24-18-10-3-1-4-11-18/h1-14,21,24-25H,15H2. The summed E-state index contributed by atoms with van der Waals surface area (Å²) in [6.07, 6.45) is 0.666. The summed E-state index contributed by atoms with van der Waals surface area (Å²) in [5, 5.41) is 17.2. The van der Waals surface area contributed by atoms with E-state index in [1.165, 1.54) is 11.1 Å². The molecule has 0 radical (unpaired) electrons. The summed E-state index contributed by atoms with van der Waals surface area (Å²) in [6.45, 7) is 0. The maximum atomic E-state index is 10.1. The minimum Gasteiger partial charge on any atom is -0.375 e. The Morgan fingerprint density at radius 2 is 1.40 bits per heavy atom. The number of nitrogens with one attached hydrogen (secondary N) is 2. The van der Waals surface area contributed by atoms with Crippen LogP contribution in [0.2, 0.25) is 0 Å². The number of para-hydroxylation sites is 2. The minimum absolute atomic E-state index is 0.128. The molecule has 0 bridgehead atoms. The van der Waals surface area contributed by atoms with Gasteiger partial charge in [0, 0.05) is 17.8 Å². The molecule has 1 aliphatic carbocycles. The van der Waals surface area contributed by atoms with Crippen molar-refractivity contribution in [3.8, 4) is 6.07 Å². The number of rotatable bonds is 4. The Morgan fingerprint density at radius 3 is 2.08 bits per heavy atom. The molecular weight excluding hydrogens is 306 g/mol. The summed E-state index contributed by atoms with van der Waals surface area (Å²) in [5.74, 6) is 0. The second kappa shape index (κ2) is 6.33. The molecule has 0 aromatic heterocycles. The largest absolute Gasteiger partial charge is 0.375 e. The highest BCUT2D eigenvalue weighted by molar-refractivity contribution is 5.59. The van der Waals surface area contributed by atoms with Gasteiger partial charge in [-0.3, -0.25) is 0 Å². The molecular formula is C22H19N3. The maximum Gasteiger partial charge on any atom is 0.154 e. The monoisotopic (exact) mass is 325 g/mol. The topological polar surface area (TPSA) is 47.9 Å². The predicted molar refractivity (Wildman–Crippen MR) is 101 cm³/mol. The molecule has 2 atom stereocenters. The lowest BCUT2D eigenvalue weighted by atomic mass is 9.91. The summed E-state index contributed by atoms with van der Waals surface area (Å²) in [4.78, 5) is 0. The van der Waals surface area contributed by atoms with Gasteiger partial charge in [0.05, 0.1) is 12.1 Å². The van der Waals surface area contributed by atoms with Gasteiger partial charge in [-0.2, -0.15) is 5.26 Å². The highest BCUT2D eigenvalue weighted by Crippen LogP contribution is 2.43. The van der Waals surface area contributed by atoms with E-state index in [-0.39, 0.29) is 6.04 Å². The first-order valence-electron chi connectivity index (χ1n) is 8.45. The van der Waals surface area contributed by atoms with E-state index >= 15 is 0 Å². The van der Waals surface area contributed by atoms with Crippen LogP contribution in [0, 0.1) is 11.3 Å². The average Bonchev–Trinajstić information content (AvgIpc) is 2.97. The van der Waals surface area contributed by atoms with Crippen molar-refractivity contribution in [2.75, 3.05) is 10.6 Å². The van der Waals surface area contributed by atoms with E-state index < -0.39 is 5.54 Å². The van der Waals surface area contributed by atoms with Crippen molar-refractivity contribution in [3.63, 3.8) is 0 Å². The molecule has 122 valence electrons. The first kappa shape index (κ1) is 15.3. The average molecular weight is 325 g/mol. The fraction of sp³-hybridized carbons (Fsp3) is 0.136. The van der Waals surface area contributed by atoms with Crippen LogP contribution in [0.3, 0.4) is 0 Å². The van der Waals surface area contributed by atoms with Crippen LogP contribution in [0.4, 0.5) is 11.4 Å². The molecule has 3 nitrogen and oxygen atoms in total. The van der Waals surface area contributed by atoms with E-state index in [0.29, 0.717) is 6.42 Å².